The van der Waals surface area contributed by atoms with Gasteiger partial charge in [0.15, 0.2) is 0 Å². The van der Waals surface area contributed by atoms with Gasteiger partial charge in [-0.25, -0.2) is 0 Å². The molecule has 0 aliphatic rings. The van der Waals surface area contributed by atoms with Crippen molar-refractivity contribution in [2.24, 2.45) is 0 Å². The van der Waals surface area contributed by atoms with E-state index in [1.165, 1.54) is 5.56 Å². The Morgan fingerprint density at radius 2 is 2.11 bits per heavy atom. The molecule has 0 saturated carbocycles. The first kappa shape index (κ1) is 14.5. The lowest BCUT2D eigenvalue weighted by molar-refractivity contribution is 0.675. The summed E-state index contributed by atoms with van der Waals surface area (Å²) >= 11 is 0. The summed E-state index contributed by atoms with van der Waals surface area (Å²) in [5.41, 5.74) is 2.93. The van der Waals surface area contributed by atoms with Crippen molar-refractivity contribution in [3.8, 4) is 6.07 Å². The molecule has 1 aromatic carbocycles. The van der Waals surface area contributed by atoms with Crippen LogP contribution >= 0.6 is 0 Å². The zero-order chi connectivity index (χ0) is 13.5. The molecular formula is C15H23N3. The van der Waals surface area contributed by atoms with Crippen LogP contribution in [0.2, 0.25) is 0 Å². The molecule has 0 bridgehead atoms. The van der Waals surface area contributed by atoms with E-state index in [9.17, 15) is 5.26 Å². The molecule has 0 amide bonds. The van der Waals surface area contributed by atoms with Crippen LogP contribution in [0, 0.1) is 11.3 Å². The number of nitrogens with one attached hydrogen (secondary N) is 1. The Morgan fingerprint density at radius 3 is 2.67 bits per heavy atom. The molecule has 0 fully saturated rings. The Bertz CT molecular complexity index is 418. The second-order valence-electron chi connectivity index (χ2n) is 4.84. The number of nitrogens with zero attached hydrogens (tertiary/aromatic N) is 2. The van der Waals surface area contributed by atoms with Crippen LogP contribution in [0.3, 0.4) is 0 Å². The molecule has 0 saturated heterocycles. The van der Waals surface area contributed by atoms with E-state index in [2.05, 4.69) is 43.1 Å². The maximum Gasteiger partial charge on any atom is 0.101 e. The molecule has 0 atom stereocenters. The van der Waals surface area contributed by atoms with Gasteiger partial charge in [-0.2, -0.15) is 5.26 Å². The molecular weight excluding hydrogens is 222 g/mol. The molecule has 18 heavy (non-hydrogen) atoms. The minimum Gasteiger partial charge on any atom is -0.371 e. The molecule has 0 radical (unpaired) electrons. The first-order valence-electron chi connectivity index (χ1n) is 6.56. The summed E-state index contributed by atoms with van der Waals surface area (Å²) in [6.07, 6.45) is 1.12. The fraction of sp³-hybridized carbons (Fsp3) is 0.533. The van der Waals surface area contributed by atoms with Crippen molar-refractivity contribution in [1.29, 1.82) is 5.26 Å². The smallest absolute Gasteiger partial charge is 0.101 e. The van der Waals surface area contributed by atoms with Gasteiger partial charge in [-0.3, -0.25) is 0 Å². The van der Waals surface area contributed by atoms with E-state index < -0.39 is 0 Å². The van der Waals surface area contributed by atoms with Gasteiger partial charge in [0, 0.05) is 19.6 Å². The minimum atomic E-state index is 0.390. The van der Waals surface area contributed by atoms with E-state index >= 15 is 0 Å². The zero-order valence-electron chi connectivity index (χ0n) is 11.8. The molecule has 3 heteroatoms. The SMILES string of the molecule is CCCNCc1ccc(N(C)C(C)C)c(C#N)c1. The van der Waals surface area contributed by atoms with Crippen LogP contribution in [-0.4, -0.2) is 19.6 Å². The van der Waals surface area contributed by atoms with E-state index in [1.54, 1.807) is 0 Å². The van der Waals surface area contributed by atoms with Crippen LogP contribution in [-0.2, 0) is 6.54 Å². The molecule has 1 aromatic rings. The third-order valence-electron chi connectivity index (χ3n) is 3.09. The summed E-state index contributed by atoms with van der Waals surface area (Å²) in [6.45, 7) is 8.23. The molecule has 1 N–H and O–H groups in total. The maximum atomic E-state index is 9.25. The quantitative estimate of drug-likeness (QED) is 0.783. The van der Waals surface area contributed by atoms with Gasteiger partial charge in [0.2, 0.25) is 0 Å². The van der Waals surface area contributed by atoms with Gasteiger partial charge in [-0.15, -0.1) is 0 Å². The lowest BCUT2D eigenvalue weighted by Crippen LogP contribution is -2.26. The molecule has 0 aliphatic carbocycles. The first-order valence-corrected chi connectivity index (χ1v) is 6.56. The van der Waals surface area contributed by atoms with Crippen molar-refractivity contribution < 1.29 is 0 Å². The highest BCUT2D eigenvalue weighted by Crippen LogP contribution is 2.22. The monoisotopic (exact) mass is 245 g/mol. The summed E-state index contributed by atoms with van der Waals surface area (Å²) in [4.78, 5) is 2.13. The summed E-state index contributed by atoms with van der Waals surface area (Å²) in [6, 6.07) is 8.80. The van der Waals surface area contributed by atoms with Crippen LogP contribution in [0.25, 0.3) is 0 Å². The van der Waals surface area contributed by atoms with Gasteiger partial charge in [0.25, 0.3) is 0 Å². The molecule has 0 unspecified atom stereocenters. The summed E-state index contributed by atoms with van der Waals surface area (Å²) in [5.74, 6) is 0. The van der Waals surface area contributed by atoms with E-state index in [-0.39, 0.29) is 0 Å². The van der Waals surface area contributed by atoms with Crippen molar-refractivity contribution in [2.45, 2.75) is 39.8 Å². The predicted octanol–water partition coefficient (Wildman–Crippen LogP) is 2.90. The number of anilines is 1. The van der Waals surface area contributed by atoms with Crippen molar-refractivity contribution in [3.63, 3.8) is 0 Å². The standard InChI is InChI=1S/C15H23N3/c1-5-8-17-11-13-6-7-15(14(9-13)10-16)18(4)12(2)3/h6-7,9,12,17H,5,8,11H2,1-4H3. The molecule has 1 rings (SSSR count). The van der Waals surface area contributed by atoms with E-state index in [0.29, 0.717) is 6.04 Å². The number of nitriles is 1. The van der Waals surface area contributed by atoms with Crippen molar-refractivity contribution in [1.82, 2.24) is 5.32 Å². The second kappa shape index (κ2) is 7.03. The van der Waals surface area contributed by atoms with Gasteiger partial charge in [0.1, 0.15) is 6.07 Å². The summed E-state index contributed by atoms with van der Waals surface area (Å²) in [7, 11) is 2.02. The topological polar surface area (TPSA) is 39.1 Å². The predicted molar refractivity (Wildman–Crippen MR) is 76.7 cm³/mol. The lowest BCUT2D eigenvalue weighted by Gasteiger charge is -2.25. The van der Waals surface area contributed by atoms with Gasteiger partial charge in [0.05, 0.1) is 11.3 Å². The zero-order valence-corrected chi connectivity index (χ0v) is 11.8. The number of benzene rings is 1. The fourth-order valence-electron chi connectivity index (χ4n) is 1.78. The highest BCUT2D eigenvalue weighted by molar-refractivity contribution is 5.60. The van der Waals surface area contributed by atoms with Crippen molar-refractivity contribution >= 4 is 5.69 Å². The molecule has 0 spiro atoms. The Morgan fingerprint density at radius 1 is 1.39 bits per heavy atom. The second-order valence-corrected chi connectivity index (χ2v) is 4.84. The third kappa shape index (κ3) is 3.75. The van der Waals surface area contributed by atoms with E-state index in [4.69, 9.17) is 0 Å². The highest BCUT2D eigenvalue weighted by atomic mass is 15.1. The average molecular weight is 245 g/mol. The number of hydrogen-bond donors (Lipinski definition) is 1. The third-order valence-corrected chi connectivity index (χ3v) is 3.09. The molecule has 3 nitrogen and oxygen atoms in total. The van der Waals surface area contributed by atoms with Crippen LogP contribution in [0.5, 0.6) is 0 Å². The largest absolute Gasteiger partial charge is 0.371 e. The van der Waals surface area contributed by atoms with Crippen LogP contribution in [0.4, 0.5) is 5.69 Å². The molecule has 0 aromatic heterocycles. The Hall–Kier alpha value is -1.53. The van der Waals surface area contributed by atoms with Crippen LogP contribution in [0.15, 0.2) is 18.2 Å². The van der Waals surface area contributed by atoms with Gasteiger partial charge in [-0.1, -0.05) is 13.0 Å². The Balaban J connectivity index is 2.87. The van der Waals surface area contributed by atoms with Crippen molar-refractivity contribution in [2.75, 3.05) is 18.5 Å². The van der Waals surface area contributed by atoms with Crippen LogP contribution in [0.1, 0.15) is 38.3 Å². The highest BCUT2D eigenvalue weighted by Gasteiger charge is 2.10. The maximum absolute atomic E-state index is 9.25. The van der Waals surface area contributed by atoms with Gasteiger partial charge < -0.3 is 10.2 Å². The van der Waals surface area contributed by atoms with E-state index in [0.717, 1.165) is 30.8 Å². The van der Waals surface area contributed by atoms with Crippen LogP contribution < -0.4 is 10.2 Å². The molecule has 0 heterocycles. The Labute approximate surface area is 110 Å². The van der Waals surface area contributed by atoms with Gasteiger partial charge >= 0.3 is 0 Å². The fourth-order valence-corrected chi connectivity index (χ4v) is 1.78. The minimum absolute atomic E-state index is 0.390. The molecule has 98 valence electrons. The van der Waals surface area contributed by atoms with E-state index in [1.807, 2.05) is 19.2 Å². The molecule has 0 aliphatic heterocycles. The summed E-state index contributed by atoms with van der Waals surface area (Å²) < 4.78 is 0. The average Bonchev–Trinajstić information content (AvgIpc) is 2.38. The number of rotatable bonds is 6. The Kier molecular flexibility index (Phi) is 5.67. The first-order chi connectivity index (χ1) is 8.60. The summed E-state index contributed by atoms with van der Waals surface area (Å²) in [5, 5.41) is 12.6. The lowest BCUT2D eigenvalue weighted by atomic mass is 10.1. The van der Waals surface area contributed by atoms with Gasteiger partial charge in [-0.05, 0) is 44.5 Å². The normalized spacial score (nSPS) is 10.4. The van der Waals surface area contributed by atoms with Crippen molar-refractivity contribution in [3.05, 3.63) is 29.3 Å². The number of hydrogen-bond acceptors (Lipinski definition) is 3.